The van der Waals surface area contributed by atoms with Crippen LogP contribution in [0.5, 0.6) is 0 Å². The van der Waals surface area contributed by atoms with E-state index in [0.29, 0.717) is 0 Å². The Balaban J connectivity index is 2.14. The normalized spacial score (nSPS) is 18.6. The first-order chi connectivity index (χ1) is 6.77. The van der Waals surface area contributed by atoms with Crippen molar-refractivity contribution in [3.05, 3.63) is 32.6 Å². The first-order valence-corrected chi connectivity index (χ1v) is 6.24. The first-order valence-electron chi connectivity index (χ1n) is 4.57. The van der Waals surface area contributed by atoms with Crippen LogP contribution in [0.25, 0.3) is 0 Å². The van der Waals surface area contributed by atoms with Crippen LogP contribution < -0.4 is 5.73 Å². The van der Waals surface area contributed by atoms with Crippen LogP contribution in [0.15, 0.2) is 27.8 Å². The standard InChI is InChI=1S/C10H12BrNOS/c11-8-4-9(14-6-8)10(12)7-2-1-3-13-5-7/h4-6,10H,1-3,12H2. The number of hydrogen-bond acceptors (Lipinski definition) is 3. The summed E-state index contributed by atoms with van der Waals surface area (Å²) in [5.41, 5.74) is 7.32. The Bertz CT molecular complexity index is 348. The second-order valence-corrected chi connectivity index (χ2v) is 5.17. The van der Waals surface area contributed by atoms with Crippen molar-refractivity contribution >= 4 is 27.3 Å². The molecule has 0 bridgehead atoms. The van der Waals surface area contributed by atoms with Crippen molar-refractivity contribution in [1.82, 2.24) is 0 Å². The third kappa shape index (κ3) is 2.19. The zero-order valence-corrected chi connectivity index (χ0v) is 10.1. The molecule has 2 rings (SSSR count). The van der Waals surface area contributed by atoms with E-state index in [0.717, 1.165) is 23.9 Å². The number of thiophene rings is 1. The topological polar surface area (TPSA) is 35.2 Å². The summed E-state index contributed by atoms with van der Waals surface area (Å²) < 4.78 is 6.38. The summed E-state index contributed by atoms with van der Waals surface area (Å²) >= 11 is 5.11. The lowest BCUT2D eigenvalue weighted by atomic mass is 10.0. The molecule has 1 unspecified atom stereocenters. The van der Waals surface area contributed by atoms with Crippen LogP contribution in [0.2, 0.25) is 0 Å². The van der Waals surface area contributed by atoms with Crippen LogP contribution in [-0.2, 0) is 4.74 Å². The third-order valence-corrected chi connectivity index (χ3v) is 4.03. The maximum Gasteiger partial charge on any atom is 0.0876 e. The van der Waals surface area contributed by atoms with Crippen LogP contribution >= 0.6 is 27.3 Å². The summed E-state index contributed by atoms with van der Waals surface area (Å²) in [6.07, 6.45) is 3.95. The van der Waals surface area contributed by atoms with Crippen molar-refractivity contribution in [2.24, 2.45) is 5.73 Å². The van der Waals surface area contributed by atoms with Crippen molar-refractivity contribution < 1.29 is 4.74 Å². The molecule has 0 fully saturated rings. The molecular weight excluding hydrogens is 262 g/mol. The fourth-order valence-electron chi connectivity index (χ4n) is 1.49. The van der Waals surface area contributed by atoms with Gasteiger partial charge >= 0.3 is 0 Å². The minimum atomic E-state index is 0.00611. The average Bonchev–Trinajstić information content (AvgIpc) is 2.65. The lowest BCUT2D eigenvalue weighted by Gasteiger charge is -2.18. The van der Waals surface area contributed by atoms with Crippen LogP contribution in [0.3, 0.4) is 0 Å². The highest BCUT2D eigenvalue weighted by atomic mass is 79.9. The summed E-state index contributed by atoms with van der Waals surface area (Å²) in [6, 6.07) is 2.08. The molecular formula is C10H12BrNOS. The van der Waals surface area contributed by atoms with Crippen molar-refractivity contribution in [3.63, 3.8) is 0 Å². The van der Waals surface area contributed by atoms with Crippen molar-refractivity contribution in [2.45, 2.75) is 18.9 Å². The quantitative estimate of drug-likeness (QED) is 0.898. The molecule has 0 aliphatic carbocycles. The van der Waals surface area contributed by atoms with E-state index >= 15 is 0 Å². The monoisotopic (exact) mass is 273 g/mol. The molecule has 2 heterocycles. The number of halogens is 1. The largest absolute Gasteiger partial charge is 0.501 e. The predicted molar refractivity (Wildman–Crippen MR) is 62.2 cm³/mol. The Labute approximate surface area is 95.9 Å². The molecule has 2 N–H and O–H groups in total. The zero-order valence-electron chi connectivity index (χ0n) is 7.70. The van der Waals surface area contributed by atoms with Crippen molar-refractivity contribution in [3.8, 4) is 0 Å². The van der Waals surface area contributed by atoms with Crippen molar-refractivity contribution in [1.29, 1.82) is 0 Å². The summed E-state index contributed by atoms with van der Waals surface area (Å²) in [5, 5.41) is 2.05. The second-order valence-electron chi connectivity index (χ2n) is 3.31. The Morgan fingerprint density at radius 3 is 3.00 bits per heavy atom. The second kappa shape index (κ2) is 4.47. The van der Waals surface area contributed by atoms with Gasteiger partial charge in [0.2, 0.25) is 0 Å². The van der Waals surface area contributed by atoms with Gasteiger partial charge < -0.3 is 10.5 Å². The molecule has 1 aliphatic heterocycles. The van der Waals surface area contributed by atoms with Gasteiger partial charge in [-0.3, -0.25) is 0 Å². The molecule has 1 aliphatic rings. The Morgan fingerprint density at radius 2 is 2.43 bits per heavy atom. The molecule has 4 heteroatoms. The summed E-state index contributed by atoms with van der Waals surface area (Å²) in [7, 11) is 0. The van der Waals surface area contributed by atoms with Gasteiger partial charge in [-0.25, -0.2) is 0 Å². The molecule has 0 spiro atoms. The number of ether oxygens (including phenoxy) is 1. The van der Waals surface area contributed by atoms with E-state index in [1.807, 2.05) is 6.26 Å². The van der Waals surface area contributed by atoms with Gasteiger partial charge in [0.1, 0.15) is 0 Å². The number of hydrogen-bond donors (Lipinski definition) is 1. The lowest BCUT2D eigenvalue weighted by molar-refractivity contribution is 0.221. The van der Waals surface area contributed by atoms with Gasteiger partial charge in [0.05, 0.1) is 18.9 Å². The van der Waals surface area contributed by atoms with Gasteiger partial charge in [-0.05, 0) is 40.4 Å². The fourth-order valence-corrected chi connectivity index (χ4v) is 2.98. The van der Waals surface area contributed by atoms with E-state index in [2.05, 4.69) is 27.4 Å². The Kier molecular flexibility index (Phi) is 3.26. The fraction of sp³-hybridized carbons (Fsp3) is 0.400. The van der Waals surface area contributed by atoms with Gasteiger partial charge in [-0.2, -0.15) is 0 Å². The molecule has 0 amide bonds. The molecule has 14 heavy (non-hydrogen) atoms. The molecule has 2 nitrogen and oxygen atoms in total. The van der Waals surface area contributed by atoms with Crippen LogP contribution in [-0.4, -0.2) is 6.61 Å². The highest BCUT2D eigenvalue weighted by molar-refractivity contribution is 9.10. The molecule has 1 aromatic heterocycles. The minimum absolute atomic E-state index is 0.00611. The maximum absolute atomic E-state index is 6.12. The summed E-state index contributed by atoms with van der Waals surface area (Å²) in [5.74, 6) is 0. The van der Waals surface area contributed by atoms with E-state index in [1.165, 1.54) is 10.5 Å². The van der Waals surface area contributed by atoms with Gasteiger partial charge in [0, 0.05) is 14.7 Å². The summed E-state index contributed by atoms with van der Waals surface area (Å²) in [4.78, 5) is 1.19. The SMILES string of the molecule is NC(C1=COCCC1)c1cc(Br)cs1. The highest BCUT2D eigenvalue weighted by Gasteiger charge is 2.16. The predicted octanol–water partition coefficient (Wildman–Crippen LogP) is 3.20. The molecule has 1 aromatic rings. The van der Waals surface area contributed by atoms with Crippen LogP contribution in [0.1, 0.15) is 23.8 Å². The van der Waals surface area contributed by atoms with Crippen molar-refractivity contribution in [2.75, 3.05) is 6.61 Å². The van der Waals surface area contributed by atoms with Gasteiger partial charge in [0.15, 0.2) is 0 Å². The maximum atomic E-state index is 6.12. The van der Waals surface area contributed by atoms with E-state index < -0.39 is 0 Å². The minimum Gasteiger partial charge on any atom is -0.501 e. The molecule has 76 valence electrons. The molecule has 0 aromatic carbocycles. The van der Waals surface area contributed by atoms with E-state index in [-0.39, 0.29) is 6.04 Å². The van der Waals surface area contributed by atoms with Crippen LogP contribution in [0, 0.1) is 0 Å². The lowest BCUT2D eigenvalue weighted by Crippen LogP contribution is -2.15. The molecule has 0 saturated carbocycles. The van der Waals surface area contributed by atoms with Gasteiger partial charge in [-0.1, -0.05) is 0 Å². The van der Waals surface area contributed by atoms with Gasteiger partial charge in [-0.15, -0.1) is 11.3 Å². The Morgan fingerprint density at radius 1 is 1.57 bits per heavy atom. The third-order valence-electron chi connectivity index (χ3n) is 2.26. The molecule has 1 atom stereocenters. The Hall–Kier alpha value is -0.320. The van der Waals surface area contributed by atoms with E-state index in [9.17, 15) is 0 Å². The molecule has 0 saturated heterocycles. The highest BCUT2D eigenvalue weighted by Crippen LogP contribution is 2.31. The summed E-state index contributed by atoms with van der Waals surface area (Å²) in [6.45, 7) is 0.824. The zero-order chi connectivity index (χ0) is 9.97. The number of nitrogens with two attached hydrogens (primary N) is 1. The molecule has 0 radical (unpaired) electrons. The first kappa shape index (κ1) is 10.2. The van der Waals surface area contributed by atoms with Crippen LogP contribution in [0.4, 0.5) is 0 Å². The average molecular weight is 274 g/mol. The van der Waals surface area contributed by atoms with Gasteiger partial charge in [0.25, 0.3) is 0 Å². The van der Waals surface area contributed by atoms with E-state index in [4.69, 9.17) is 10.5 Å². The smallest absolute Gasteiger partial charge is 0.0876 e. The number of rotatable bonds is 2. The van der Waals surface area contributed by atoms with E-state index in [1.54, 1.807) is 11.3 Å².